The predicted molar refractivity (Wildman–Crippen MR) is 127 cm³/mol. The molecule has 1 atom stereocenters. The molecular weight excluding hydrogens is 462 g/mol. The first-order chi connectivity index (χ1) is 15.7. The molecule has 0 bridgehead atoms. The number of nitrogens with zero attached hydrogens (tertiary/aromatic N) is 2. The normalized spacial score (nSPS) is 19.3. The average molecular weight is 492 g/mol. The van der Waals surface area contributed by atoms with Crippen LogP contribution in [0.3, 0.4) is 0 Å². The van der Waals surface area contributed by atoms with E-state index in [9.17, 15) is 18.0 Å². The largest absolute Gasteiger partial charge is 0.462 e. The molecule has 1 aromatic heterocycles. The van der Waals surface area contributed by atoms with Gasteiger partial charge >= 0.3 is 5.97 Å². The molecule has 1 fully saturated rings. The molecule has 2 aliphatic rings. The molecule has 1 unspecified atom stereocenters. The Balaban J connectivity index is 1.61. The molecule has 2 aromatic rings. The molecule has 1 N–H and O–H groups in total. The highest BCUT2D eigenvalue weighted by Crippen LogP contribution is 2.38. The third kappa shape index (κ3) is 4.70. The molecule has 33 heavy (non-hydrogen) atoms. The maximum atomic E-state index is 13.3. The quantitative estimate of drug-likeness (QED) is 0.624. The fourth-order valence-corrected chi connectivity index (χ4v) is 7.34. The lowest BCUT2D eigenvalue weighted by Gasteiger charge is -2.23. The van der Waals surface area contributed by atoms with Crippen LogP contribution in [-0.4, -0.2) is 62.3 Å². The van der Waals surface area contributed by atoms with Crippen LogP contribution < -0.4 is 5.32 Å². The molecule has 2 aliphatic heterocycles. The first kappa shape index (κ1) is 23.9. The summed E-state index contributed by atoms with van der Waals surface area (Å²) in [6.45, 7) is 5.66. The summed E-state index contributed by atoms with van der Waals surface area (Å²) in [6.07, 6.45) is 1.73. The van der Waals surface area contributed by atoms with Gasteiger partial charge in [-0.25, -0.2) is 13.2 Å². The molecule has 1 amide bonds. The van der Waals surface area contributed by atoms with Crippen LogP contribution in [0.4, 0.5) is 5.00 Å². The van der Waals surface area contributed by atoms with Crippen LogP contribution in [0.1, 0.15) is 46.1 Å². The number of anilines is 1. The van der Waals surface area contributed by atoms with Crippen molar-refractivity contribution in [3.8, 4) is 0 Å². The third-order valence-corrected chi connectivity index (χ3v) is 9.15. The van der Waals surface area contributed by atoms with Crippen molar-refractivity contribution in [2.24, 2.45) is 0 Å². The van der Waals surface area contributed by atoms with Gasteiger partial charge in [-0.2, -0.15) is 4.31 Å². The van der Waals surface area contributed by atoms with Crippen LogP contribution in [0.5, 0.6) is 0 Å². The van der Waals surface area contributed by atoms with Crippen molar-refractivity contribution < 1.29 is 22.7 Å². The summed E-state index contributed by atoms with van der Waals surface area (Å²) < 4.78 is 33.0. The zero-order chi connectivity index (χ0) is 23.8. The van der Waals surface area contributed by atoms with Gasteiger partial charge in [-0.05, 0) is 57.9 Å². The predicted octanol–water partition coefficient (Wildman–Crippen LogP) is 3.01. The van der Waals surface area contributed by atoms with Crippen LogP contribution in [0.2, 0.25) is 0 Å². The first-order valence-electron chi connectivity index (χ1n) is 11.1. The van der Waals surface area contributed by atoms with Gasteiger partial charge in [0.05, 0.1) is 17.1 Å². The lowest BCUT2D eigenvalue weighted by Crippen LogP contribution is -2.43. The van der Waals surface area contributed by atoms with Crippen molar-refractivity contribution in [1.82, 2.24) is 9.21 Å². The summed E-state index contributed by atoms with van der Waals surface area (Å²) in [4.78, 5) is 29.4. The number of hydrogen-bond donors (Lipinski definition) is 1. The highest BCUT2D eigenvalue weighted by atomic mass is 32.2. The maximum Gasteiger partial charge on any atom is 0.341 e. The van der Waals surface area contributed by atoms with E-state index in [0.29, 0.717) is 36.4 Å². The number of amides is 1. The summed E-state index contributed by atoms with van der Waals surface area (Å²) in [7, 11) is -1.80. The number of esters is 1. The van der Waals surface area contributed by atoms with Gasteiger partial charge in [0.25, 0.3) is 0 Å². The Morgan fingerprint density at radius 2 is 1.94 bits per heavy atom. The zero-order valence-electron chi connectivity index (χ0n) is 19.1. The molecule has 4 rings (SSSR count). The van der Waals surface area contributed by atoms with Crippen molar-refractivity contribution in [2.75, 3.05) is 32.1 Å². The molecule has 178 valence electrons. The Morgan fingerprint density at radius 3 is 2.64 bits per heavy atom. The Hall–Kier alpha value is -2.27. The minimum absolute atomic E-state index is 0.176. The lowest BCUT2D eigenvalue weighted by atomic mass is 10.0. The van der Waals surface area contributed by atoms with Gasteiger partial charge in [0.2, 0.25) is 15.9 Å². The maximum absolute atomic E-state index is 13.3. The number of benzene rings is 1. The number of nitrogens with one attached hydrogen (secondary N) is 1. The lowest BCUT2D eigenvalue weighted by molar-refractivity contribution is -0.119. The minimum atomic E-state index is -3.81. The summed E-state index contributed by atoms with van der Waals surface area (Å²) in [5.74, 6) is -0.869. The van der Waals surface area contributed by atoms with Crippen molar-refractivity contribution in [2.45, 2.75) is 50.6 Å². The van der Waals surface area contributed by atoms with Gasteiger partial charge in [-0.3, -0.25) is 4.79 Å². The van der Waals surface area contributed by atoms with Crippen LogP contribution in [0.25, 0.3) is 0 Å². The number of carbonyl (C=O) groups excluding carboxylic acids is 2. The van der Waals surface area contributed by atoms with Crippen LogP contribution in [-0.2, 0) is 32.5 Å². The Kier molecular flexibility index (Phi) is 6.90. The van der Waals surface area contributed by atoms with Gasteiger partial charge in [0.15, 0.2) is 0 Å². The fraction of sp³-hybridized carbons (Fsp3) is 0.478. The summed E-state index contributed by atoms with van der Waals surface area (Å²) >= 11 is 1.37. The van der Waals surface area contributed by atoms with Gasteiger partial charge in [0.1, 0.15) is 11.0 Å². The van der Waals surface area contributed by atoms with Crippen LogP contribution in [0.15, 0.2) is 29.2 Å². The van der Waals surface area contributed by atoms with E-state index < -0.39 is 27.9 Å². The smallest absolute Gasteiger partial charge is 0.341 e. The zero-order valence-corrected chi connectivity index (χ0v) is 20.7. The number of aryl methyl sites for hydroxylation is 1. The average Bonchev–Trinajstić information content (AvgIpc) is 3.39. The molecule has 8 nitrogen and oxygen atoms in total. The number of sulfonamides is 1. The van der Waals surface area contributed by atoms with Gasteiger partial charge < -0.3 is 15.0 Å². The Labute approximate surface area is 198 Å². The van der Waals surface area contributed by atoms with Crippen molar-refractivity contribution in [1.29, 1.82) is 0 Å². The number of ether oxygens (including phenoxy) is 1. The second-order valence-electron chi connectivity index (χ2n) is 8.49. The van der Waals surface area contributed by atoms with Gasteiger partial charge in [0, 0.05) is 24.5 Å². The molecule has 1 aromatic carbocycles. The van der Waals surface area contributed by atoms with E-state index >= 15 is 0 Å². The number of fused-ring (bicyclic) bond motifs is 1. The summed E-state index contributed by atoms with van der Waals surface area (Å²) in [5, 5.41) is 3.32. The third-order valence-electron chi connectivity index (χ3n) is 6.10. The molecule has 0 radical (unpaired) electrons. The van der Waals surface area contributed by atoms with E-state index in [1.54, 1.807) is 31.2 Å². The molecule has 3 heterocycles. The monoisotopic (exact) mass is 491 g/mol. The highest BCUT2D eigenvalue weighted by Gasteiger charge is 2.40. The van der Waals surface area contributed by atoms with Crippen molar-refractivity contribution >= 4 is 38.2 Å². The SMILES string of the molecule is CCOC(=O)c1c(NC(=O)C2CCCN2S(=O)(=O)c2ccc(C)cc2)sc2c1CCN(C)C2. The summed E-state index contributed by atoms with van der Waals surface area (Å²) in [6, 6.07) is 5.81. The number of rotatable bonds is 6. The van der Waals surface area contributed by atoms with Crippen molar-refractivity contribution in [3.05, 3.63) is 45.8 Å². The van der Waals surface area contributed by atoms with E-state index in [1.165, 1.54) is 15.6 Å². The Morgan fingerprint density at radius 1 is 1.21 bits per heavy atom. The molecular formula is C23H29N3O5S2. The van der Waals surface area contributed by atoms with Crippen LogP contribution in [0, 0.1) is 6.92 Å². The summed E-state index contributed by atoms with van der Waals surface area (Å²) in [5.41, 5.74) is 2.29. The number of hydrogen-bond acceptors (Lipinski definition) is 7. The molecule has 0 saturated carbocycles. The Bertz CT molecular complexity index is 1160. The molecule has 0 spiro atoms. The van der Waals surface area contributed by atoms with E-state index in [0.717, 1.165) is 22.5 Å². The van der Waals surface area contributed by atoms with E-state index in [-0.39, 0.29) is 18.0 Å². The van der Waals surface area contributed by atoms with Crippen LogP contribution >= 0.6 is 11.3 Å². The number of likely N-dealkylation sites (N-methyl/N-ethyl adjacent to an activating group) is 1. The molecule has 10 heteroatoms. The van der Waals surface area contributed by atoms with Gasteiger partial charge in [-0.1, -0.05) is 17.7 Å². The topological polar surface area (TPSA) is 96.0 Å². The van der Waals surface area contributed by atoms with Crippen molar-refractivity contribution in [3.63, 3.8) is 0 Å². The number of thiophene rings is 1. The second kappa shape index (κ2) is 9.54. The molecule has 0 aliphatic carbocycles. The second-order valence-corrected chi connectivity index (χ2v) is 11.5. The van der Waals surface area contributed by atoms with E-state index in [1.807, 2.05) is 14.0 Å². The highest BCUT2D eigenvalue weighted by molar-refractivity contribution is 7.89. The standard InChI is InChI=1S/C23H29N3O5S2/c1-4-31-23(28)20-17-11-13-25(3)14-19(17)32-22(20)24-21(27)18-6-5-12-26(18)33(29,30)16-9-7-15(2)8-10-16/h7-10,18H,4-6,11-14H2,1-3H3,(H,24,27). The first-order valence-corrected chi connectivity index (χ1v) is 13.4. The van der Waals surface area contributed by atoms with Gasteiger partial charge in [-0.15, -0.1) is 11.3 Å². The van der Waals surface area contributed by atoms with E-state index in [2.05, 4.69) is 10.2 Å². The number of carbonyl (C=O) groups is 2. The molecule has 1 saturated heterocycles. The minimum Gasteiger partial charge on any atom is -0.462 e. The van der Waals surface area contributed by atoms with E-state index in [4.69, 9.17) is 4.74 Å². The fourth-order valence-electron chi connectivity index (χ4n) is 4.37.